The second kappa shape index (κ2) is 9.31. The first-order valence-corrected chi connectivity index (χ1v) is 9.31. The van der Waals surface area contributed by atoms with Crippen LogP contribution in [0.3, 0.4) is 0 Å². The summed E-state index contributed by atoms with van der Waals surface area (Å²) in [5.74, 6) is 0.367. The highest BCUT2D eigenvalue weighted by molar-refractivity contribution is 5.98. The Labute approximate surface area is 177 Å². The van der Waals surface area contributed by atoms with Crippen molar-refractivity contribution in [3.63, 3.8) is 0 Å². The molecule has 31 heavy (non-hydrogen) atoms. The highest BCUT2D eigenvalue weighted by atomic mass is 16.5. The normalized spacial score (nSPS) is 10.3. The van der Waals surface area contributed by atoms with Crippen LogP contribution < -0.4 is 15.4 Å². The number of hydrogen-bond acceptors (Lipinski definition) is 7. The third kappa shape index (κ3) is 5.30. The van der Waals surface area contributed by atoms with Crippen LogP contribution in [0.1, 0.15) is 10.5 Å². The Morgan fingerprint density at radius 1 is 1.00 bits per heavy atom. The number of nitrogens with one attached hydrogen (secondary N) is 2. The first-order chi connectivity index (χ1) is 15.2. The van der Waals surface area contributed by atoms with Gasteiger partial charge in [0.2, 0.25) is 11.8 Å². The third-order valence-corrected chi connectivity index (χ3v) is 4.09. The zero-order valence-corrected chi connectivity index (χ0v) is 16.2. The zero-order valence-electron chi connectivity index (χ0n) is 16.2. The Morgan fingerprint density at radius 2 is 1.87 bits per heavy atom. The number of anilines is 1. The molecule has 9 heteroatoms. The molecule has 0 fully saturated rings. The molecule has 9 nitrogen and oxygen atoms in total. The maximum absolute atomic E-state index is 12.3. The van der Waals surface area contributed by atoms with Crippen molar-refractivity contribution in [3.8, 4) is 23.0 Å². The van der Waals surface area contributed by atoms with E-state index in [4.69, 9.17) is 9.26 Å². The van der Waals surface area contributed by atoms with E-state index in [2.05, 4.69) is 25.8 Å². The Hall–Kier alpha value is -4.53. The summed E-state index contributed by atoms with van der Waals surface area (Å²) in [6.07, 6.45) is 4.54. The molecule has 0 unspecified atom stereocenters. The molecule has 0 atom stereocenters. The van der Waals surface area contributed by atoms with E-state index in [0.717, 1.165) is 5.56 Å². The van der Waals surface area contributed by atoms with Gasteiger partial charge in [-0.15, -0.1) is 0 Å². The average molecular weight is 415 g/mol. The van der Waals surface area contributed by atoms with Gasteiger partial charge in [0.15, 0.2) is 11.5 Å². The molecule has 2 aromatic heterocycles. The van der Waals surface area contributed by atoms with Crippen molar-refractivity contribution in [2.75, 3.05) is 11.9 Å². The Kier molecular flexibility index (Phi) is 5.94. The highest BCUT2D eigenvalue weighted by Crippen LogP contribution is 2.22. The molecule has 0 aliphatic heterocycles. The predicted molar refractivity (Wildman–Crippen MR) is 111 cm³/mol. The van der Waals surface area contributed by atoms with Gasteiger partial charge in [0, 0.05) is 35.8 Å². The fourth-order valence-electron chi connectivity index (χ4n) is 2.67. The molecule has 2 N–H and O–H groups in total. The molecule has 2 heterocycles. The van der Waals surface area contributed by atoms with Gasteiger partial charge in [0.25, 0.3) is 5.91 Å². The topological polar surface area (TPSA) is 119 Å². The molecule has 0 aliphatic rings. The second-order valence-corrected chi connectivity index (χ2v) is 6.35. The molecular formula is C22H17N5O4. The molecule has 0 radical (unpaired) electrons. The molecule has 0 spiro atoms. The monoisotopic (exact) mass is 415 g/mol. The van der Waals surface area contributed by atoms with Gasteiger partial charge in [-0.1, -0.05) is 41.6 Å². The minimum atomic E-state index is -0.513. The van der Waals surface area contributed by atoms with Gasteiger partial charge in [0.1, 0.15) is 5.75 Å². The van der Waals surface area contributed by atoms with E-state index >= 15 is 0 Å². The minimum Gasteiger partial charge on any atom is -0.437 e. The largest absolute Gasteiger partial charge is 0.437 e. The van der Waals surface area contributed by atoms with Crippen LogP contribution in [0.4, 0.5) is 5.69 Å². The summed E-state index contributed by atoms with van der Waals surface area (Å²) in [6.45, 7) is -0.235. The SMILES string of the molecule is O=C(CNC(=O)c1cc(-c2ccccc2)on1)Nc1cccc(Oc2cnccn2)c1. The number of rotatable bonds is 7. The lowest BCUT2D eigenvalue weighted by molar-refractivity contribution is -0.115. The van der Waals surface area contributed by atoms with Crippen molar-refractivity contribution < 1.29 is 18.8 Å². The van der Waals surface area contributed by atoms with Crippen LogP contribution in [0.5, 0.6) is 11.6 Å². The van der Waals surface area contributed by atoms with Gasteiger partial charge >= 0.3 is 0 Å². The minimum absolute atomic E-state index is 0.0889. The van der Waals surface area contributed by atoms with Crippen LogP contribution in [0, 0.1) is 0 Å². The molecule has 4 rings (SSSR count). The van der Waals surface area contributed by atoms with E-state index in [1.54, 1.807) is 30.5 Å². The van der Waals surface area contributed by atoms with Crippen molar-refractivity contribution in [3.05, 3.63) is 84.9 Å². The average Bonchev–Trinajstić information content (AvgIpc) is 3.30. The number of carbonyl (C=O) groups is 2. The van der Waals surface area contributed by atoms with Crippen molar-refractivity contribution in [1.29, 1.82) is 0 Å². The van der Waals surface area contributed by atoms with Crippen LogP contribution in [-0.2, 0) is 4.79 Å². The summed E-state index contributed by atoms with van der Waals surface area (Å²) in [5.41, 5.74) is 1.40. The summed E-state index contributed by atoms with van der Waals surface area (Å²) in [6, 6.07) is 17.6. The molecular weight excluding hydrogens is 398 g/mol. The molecule has 154 valence electrons. The van der Waals surface area contributed by atoms with Gasteiger partial charge in [-0.3, -0.25) is 14.6 Å². The number of benzene rings is 2. The summed E-state index contributed by atoms with van der Waals surface area (Å²) >= 11 is 0. The van der Waals surface area contributed by atoms with Crippen LogP contribution in [-0.4, -0.2) is 33.5 Å². The first-order valence-electron chi connectivity index (χ1n) is 9.31. The fraction of sp³-hybridized carbons (Fsp3) is 0.0455. The van der Waals surface area contributed by atoms with E-state index < -0.39 is 11.8 Å². The molecule has 0 saturated heterocycles. The van der Waals surface area contributed by atoms with E-state index in [9.17, 15) is 9.59 Å². The van der Waals surface area contributed by atoms with Crippen molar-refractivity contribution in [2.45, 2.75) is 0 Å². The van der Waals surface area contributed by atoms with E-state index in [1.165, 1.54) is 18.5 Å². The van der Waals surface area contributed by atoms with Gasteiger partial charge in [0.05, 0.1) is 12.7 Å². The van der Waals surface area contributed by atoms with E-state index in [1.807, 2.05) is 30.3 Å². The van der Waals surface area contributed by atoms with Crippen LogP contribution in [0.15, 0.2) is 83.8 Å². The van der Waals surface area contributed by atoms with Crippen LogP contribution >= 0.6 is 0 Å². The number of ether oxygens (including phenoxy) is 1. The Balaban J connectivity index is 1.31. The first kappa shape index (κ1) is 19.8. The molecule has 2 amide bonds. The summed E-state index contributed by atoms with van der Waals surface area (Å²) in [5, 5.41) is 8.97. The van der Waals surface area contributed by atoms with Gasteiger partial charge < -0.3 is 19.9 Å². The quantitative estimate of drug-likeness (QED) is 0.475. The van der Waals surface area contributed by atoms with Gasteiger partial charge in [-0.2, -0.15) is 0 Å². The Bertz CT molecular complexity index is 1180. The smallest absolute Gasteiger partial charge is 0.273 e. The van der Waals surface area contributed by atoms with Gasteiger partial charge in [-0.25, -0.2) is 4.98 Å². The second-order valence-electron chi connectivity index (χ2n) is 6.35. The number of amides is 2. The summed E-state index contributed by atoms with van der Waals surface area (Å²) in [4.78, 5) is 32.4. The van der Waals surface area contributed by atoms with Crippen LogP contribution in [0.2, 0.25) is 0 Å². The number of nitrogens with zero attached hydrogens (tertiary/aromatic N) is 3. The standard InChI is InChI=1S/C22H17N5O4/c28-20(26-16-7-4-8-17(11-16)30-21-14-23-9-10-24-21)13-25-22(29)18-12-19(31-27-18)15-5-2-1-3-6-15/h1-12,14H,13H2,(H,25,29)(H,26,28). The van der Waals surface area contributed by atoms with Crippen molar-refractivity contribution in [1.82, 2.24) is 20.4 Å². The predicted octanol–water partition coefficient (Wildman–Crippen LogP) is 3.29. The molecule has 0 bridgehead atoms. The maximum atomic E-state index is 12.3. The zero-order chi connectivity index (χ0) is 21.5. The van der Waals surface area contributed by atoms with Gasteiger partial charge in [-0.05, 0) is 12.1 Å². The Morgan fingerprint density at radius 3 is 2.68 bits per heavy atom. The lowest BCUT2D eigenvalue weighted by atomic mass is 10.1. The lowest BCUT2D eigenvalue weighted by Crippen LogP contribution is -2.33. The van der Waals surface area contributed by atoms with E-state index in [-0.39, 0.29) is 12.2 Å². The molecule has 0 saturated carbocycles. The highest BCUT2D eigenvalue weighted by Gasteiger charge is 2.14. The third-order valence-electron chi connectivity index (χ3n) is 4.09. The lowest BCUT2D eigenvalue weighted by Gasteiger charge is -2.08. The maximum Gasteiger partial charge on any atom is 0.273 e. The summed E-state index contributed by atoms with van der Waals surface area (Å²) in [7, 11) is 0. The molecule has 2 aromatic carbocycles. The molecule has 0 aliphatic carbocycles. The van der Waals surface area contributed by atoms with Crippen LogP contribution in [0.25, 0.3) is 11.3 Å². The van der Waals surface area contributed by atoms with E-state index in [0.29, 0.717) is 23.1 Å². The number of aromatic nitrogens is 3. The fourth-order valence-corrected chi connectivity index (χ4v) is 2.67. The number of hydrogen-bond donors (Lipinski definition) is 2. The number of carbonyl (C=O) groups excluding carboxylic acids is 2. The van der Waals surface area contributed by atoms with Crippen molar-refractivity contribution in [2.24, 2.45) is 0 Å². The summed E-state index contributed by atoms with van der Waals surface area (Å²) < 4.78 is 10.8. The molecule has 4 aromatic rings. The van der Waals surface area contributed by atoms with Crippen molar-refractivity contribution >= 4 is 17.5 Å².